The van der Waals surface area contributed by atoms with Crippen molar-refractivity contribution in [3.63, 3.8) is 0 Å². The van der Waals surface area contributed by atoms with Crippen LogP contribution in [0.4, 0.5) is 0 Å². The minimum Gasteiger partial charge on any atom is -0.382 e. The maximum absolute atomic E-state index is 11.6. The molecule has 100 valence electrons. The van der Waals surface area contributed by atoms with Crippen molar-refractivity contribution in [1.82, 2.24) is 9.55 Å². The zero-order valence-electron chi connectivity index (χ0n) is 10.3. The second-order valence-corrected chi connectivity index (χ2v) is 4.11. The van der Waals surface area contributed by atoms with Crippen LogP contribution in [0, 0.1) is 0 Å². The monoisotopic (exact) mass is 256 g/mol. The van der Waals surface area contributed by atoms with Crippen LogP contribution >= 0.6 is 0 Å². The van der Waals surface area contributed by atoms with Crippen LogP contribution in [0.2, 0.25) is 0 Å². The highest BCUT2D eigenvalue weighted by Crippen LogP contribution is 2.29. The highest BCUT2D eigenvalue weighted by molar-refractivity contribution is 4.88. The average molecular weight is 256 g/mol. The molecule has 7 nitrogen and oxygen atoms in total. The van der Waals surface area contributed by atoms with Crippen molar-refractivity contribution >= 4 is 0 Å². The molecule has 1 aromatic rings. The predicted molar refractivity (Wildman–Crippen MR) is 62.5 cm³/mol. The summed E-state index contributed by atoms with van der Waals surface area (Å²) in [5.41, 5.74) is -0.911. The summed E-state index contributed by atoms with van der Waals surface area (Å²) in [5, 5.41) is 0. The van der Waals surface area contributed by atoms with Gasteiger partial charge < -0.3 is 14.2 Å². The topological polar surface area (TPSA) is 82.5 Å². The van der Waals surface area contributed by atoms with Crippen LogP contribution in [0.3, 0.4) is 0 Å². The Balaban J connectivity index is 2.20. The molecule has 2 rings (SSSR count). The van der Waals surface area contributed by atoms with Crippen molar-refractivity contribution in [3.05, 3.63) is 33.1 Å². The molecule has 1 saturated heterocycles. The number of aromatic nitrogens is 2. The van der Waals surface area contributed by atoms with Gasteiger partial charge in [0, 0.05) is 32.9 Å². The zero-order chi connectivity index (χ0) is 13.1. The van der Waals surface area contributed by atoms with Crippen molar-refractivity contribution in [3.8, 4) is 0 Å². The molecule has 0 amide bonds. The largest absolute Gasteiger partial charge is 0.382 e. The van der Waals surface area contributed by atoms with E-state index in [2.05, 4.69) is 4.98 Å². The number of nitrogens with one attached hydrogen (secondary N) is 1. The molecular weight excluding hydrogens is 240 g/mol. The lowest BCUT2D eigenvalue weighted by Gasteiger charge is -2.16. The molecule has 1 unspecified atom stereocenters. The second-order valence-electron chi connectivity index (χ2n) is 4.11. The van der Waals surface area contributed by atoms with E-state index in [0.29, 0.717) is 13.0 Å². The number of rotatable bonds is 4. The van der Waals surface area contributed by atoms with Gasteiger partial charge in [0.15, 0.2) is 0 Å². The molecule has 1 aliphatic heterocycles. The summed E-state index contributed by atoms with van der Waals surface area (Å²) in [6, 6.07) is 1.29. The number of nitrogens with zero attached hydrogens (tertiary/aromatic N) is 1. The minimum atomic E-state index is -0.486. The SMILES string of the molecule is COC[C@H]1O[C@@H](n2ccc(=O)[nH]c2=O)CC1OC. The Morgan fingerprint density at radius 2 is 2.28 bits per heavy atom. The number of ether oxygens (including phenoxy) is 3. The van der Waals surface area contributed by atoms with Gasteiger partial charge in [0.2, 0.25) is 0 Å². The average Bonchev–Trinajstić information content (AvgIpc) is 2.72. The summed E-state index contributed by atoms with van der Waals surface area (Å²) in [6.07, 6.45) is 1.17. The van der Waals surface area contributed by atoms with E-state index >= 15 is 0 Å². The van der Waals surface area contributed by atoms with Crippen molar-refractivity contribution in [1.29, 1.82) is 0 Å². The van der Waals surface area contributed by atoms with E-state index < -0.39 is 17.5 Å². The molecule has 0 radical (unpaired) electrons. The van der Waals surface area contributed by atoms with E-state index in [1.54, 1.807) is 14.2 Å². The summed E-state index contributed by atoms with van der Waals surface area (Å²) in [4.78, 5) is 24.8. The third kappa shape index (κ3) is 2.53. The molecule has 3 atom stereocenters. The van der Waals surface area contributed by atoms with Gasteiger partial charge in [-0.15, -0.1) is 0 Å². The van der Waals surface area contributed by atoms with Gasteiger partial charge in [0.05, 0.1) is 12.7 Å². The first-order valence-corrected chi connectivity index (χ1v) is 5.64. The van der Waals surface area contributed by atoms with Crippen molar-refractivity contribution in [2.75, 3.05) is 20.8 Å². The summed E-state index contributed by atoms with van der Waals surface area (Å²) >= 11 is 0. The van der Waals surface area contributed by atoms with E-state index in [0.717, 1.165) is 0 Å². The molecular formula is C11H16N2O5. The van der Waals surface area contributed by atoms with Gasteiger partial charge in [-0.3, -0.25) is 14.3 Å². The molecule has 1 aliphatic rings. The lowest BCUT2D eigenvalue weighted by molar-refractivity contribution is -0.0618. The zero-order valence-corrected chi connectivity index (χ0v) is 10.3. The van der Waals surface area contributed by atoms with Crippen molar-refractivity contribution in [2.24, 2.45) is 0 Å². The number of methoxy groups -OCH3 is 2. The number of aromatic amines is 1. The van der Waals surface area contributed by atoms with Crippen molar-refractivity contribution < 1.29 is 14.2 Å². The van der Waals surface area contributed by atoms with Gasteiger partial charge in [-0.05, 0) is 0 Å². The van der Waals surface area contributed by atoms with Gasteiger partial charge in [0.1, 0.15) is 12.3 Å². The number of hydrogen-bond acceptors (Lipinski definition) is 5. The molecule has 0 saturated carbocycles. The Labute approximate surface area is 103 Å². The molecule has 18 heavy (non-hydrogen) atoms. The molecule has 2 heterocycles. The lowest BCUT2D eigenvalue weighted by Crippen LogP contribution is -2.31. The second kappa shape index (κ2) is 5.47. The van der Waals surface area contributed by atoms with Crippen LogP contribution in [0.25, 0.3) is 0 Å². The third-order valence-corrected chi connectivity index (χ3v) is 2.98. The maximum atomic E-state index is 11.6. The maximum Gasteiger partial charge on any atom is 0.330 e. The molecule has 0 spiro atoms. The Morgan fingerprint density at radius 3 is 2.89 bits per heavy atom. The summed E-state index contributed by atoms with van der Waals surface area (Å²) < 4.78 is 17.4. The molecule has 1 aromatic heterocycles. The fourth-order valence-corrected chi connectivity index (χ4v) is 2.09. The Kier molecular flexibility index (Phi) is 3.95. The van der Waals surface area contributed by atoms with Crippen LogP contribution in [-0.2, 0) is 14.2 Å². The van der Waals surface area contributed by atoms with Gasteiger partial charge in [-0.25, -0.2) is 4.79 Å². The molecule has 0 aliphatic carbocycles. The van der Waals surface area contributed by atoms with E-state index in [1.165, 1.54) is 16.8 Å². The third-order valence-electron chi connectivity index (χ3n) is 2.98. The fourth-order valence-electron chi connectivity index (χ4n) is 2.09. The molecule has 1 N–H and O–H groups in total. The van der Waals surface area contributed by atoms with E-state index in [9.17, 15) is 9.59 Å². The van der Waals surface area contributed by atoms with E-state index in [-0.39, 0.29) is 12.2 Å². The van der Waals surface area contributed by atoms with Gasteiger partial charge in [-0.2, -0.15) is 0 Å². The van der Waals surface area contributed by atoms with Crippen LogP contribution in [0.15, 0.2) is 21.9 Å². The van der Waals surface area contributed by atoms with Gasteiger partial charge in [0.25, 0.3) is 5.56 Å². The quantitative estimate of drug-likeness (QED) is 0.784. The standard InChI is InChI=1S/C11H16N2O5/c1-16-6-8-7(17-2)5-10(18-8)13-4-3-9(14)12-11(13)15/h3-4,7-8,10H,5-6H2,1-2H3,(H,12,14,15)/t7?,8-,10-/m1/s1. The van der Waals surface area contributed by atoms with Crippen LogP contribution in [0.1, 0.15) is 12.6 Å². The predicted octanol–water partition coefficient (Wildman–Crippen LogP) is -0.514. The lowest BCUT2D eigenvalue weighted by atomic mass is 10.2. The van der Waals surface area contributed by atoms with Crippen LogP contribution in [0.5, 0.6) is 0 Å². The summed E-state index contributed by atoms with van der Waals surface area (Å²) in [6.45, 7) is 0.396. The normalized spacial score (nSPS) is 27.6. The van der Waals surface area contributed by atoms with E-state index in [1.807, 2.05) is 0 Å². The molecule has 0 bridgehead atoms. The first-order valence-electron chi connectivity index (χ1n) is 5.64. The first kappa shape index (κ1) is 13.0. The fraction of sp³-hybridized carbons (Fsp3) is 0.636. The van der Waals surface area contributed by atoms with Crippen LogP contribution < -0.4 is 11.2 Å². The Bertz CT molecular complexity index is 509. The van der Waals surface area contributed by atoms with Crippen molar-refractivity contribution in [2.45, 2.75) is 24.9 Å². The van der Waals surface area contributed by atoms with Gasteiger partial charge in [-0.1, -0.05) is 0 Å². The summed E-state index contributed by atoms with van der Waals surface area (Å²) in [7, 11) is 3.17. The number of hydrogen-bond donors (Lipinski definition) is 1. The number of H-pyrrole nitrogens is 1. The highest BCUT2D eigenvalue weighted by Gasteiger charge is 2.36. The molecule has 0 aromatic carbocycles. The Hall–Kier alpha value is -1.44. The highest BCUT2D eigenvalue weighted by atomic mass is 16.6. The minimum absolute atomic E-state index is 0.131. The van der Waals surface area contributed by atoms with E-state index in [4.69, 9.17) is 14.2 Å². The Morgan fingerprint density at radius 1 is 1.50 bits per heavy atom. The smallest absolute Gasteiger partial charge is 0.330 e. The van der Waals surface area contributed by atoms with Gasteiger partial charge >= 0.3 is 5.69 Å². The van der Waals surface area contributed by atoms with Crippen LogP contribution in [-0.4, -0.2) is 42.6 Å². The first-order chi connectivity index (χ1) is 8.65. The summed E-state index contributed by atoms with van der Waals surface area (Å²) in [5.74, 6) is 0. The molecule has 7 heteroatoms. The molecule has 1 fully saturated rings.